The third-order valence-corrected chi connectivity index (χ3v) is 5.99. The second kappa shape index (κ2) is 4.77. The summed E-state index contributed by atoms with van der Waals surface area (Å²) in [5, 5.41) is 9.27. The van der Waals surface area contributed by atoms with Crippen molar-refractivity contribution < 1.29 is 23.1 Å². The number of nitrogens with zero attached hydrogens (tertiary/aromatic N) is 1. The number of carboxylic acids is 1. The lowest BCUT2D eigenvalue weighted by Gasteiger charge is -2.43. The summed E-state index contributed by atoms with van der Waals surface area (Å²) in [5.41, 5.74) is 0. The Morgan fingerprint density at radius 2 is 2.00 bits per heavy atom. The van der Waals surface area contributed by atoms with Gasteiger partial charge in [-0.3, -0.25) is 9.59 Å². The van der Waals surface area contributed by atoms with Crippen LogP contribution >= 0.6 is 0 Å². The lowest BCUT2D eigenvalue weighted by molar-refractivity contribution is -0.156. The van der Waals surface area contributed by atoms with Crippen molar-refractivity contribution in [2.75, 3.05) is 11.5 Å². The second-order valence-electron chi connectivity index (χ2n) is 5.64. The number of likely N-dealkylation sites (tertiary alicyclic amines) is 1. The van der Waals surface area contributed by atoms with Gasteiger partial charge in [0.1, 0.15) is 0 Å². The highest BCUT2D eigenvalue weighted by molar-refractivity contribution is 7.91. The quantitative estimate of drug-likeness (QED) is 0.780. The first-order valence-corrected chi connectivity index (χ1v) is 8.29. The molecule has 2 aliphatic heterocycles. The van der Waals surface area contributed by atoms with Gasteiger partial charge >= 0.3 is 5.97 Å². The van der Waals surface area contributed by atoms with Crippen molar-refractivity contribution in [1.82, 2.24) is 4.90 Å². The van der Waals surface area contributed by atoms with Gasteiger partial charge in [0, 0.05) is 18.5 Å². The summed E-state index contributed by atoms with van der Waals surface area (Å²) < 4.78 is 23.0. The molecule has 2 fully saturated rings. The summed E-state index contributed by atoms with van der Waals surface area (Å²) in [6, 6.07) is -0.811. The highest BCUT2D eigenvalue weighted by Crippen LogP contribution is 2.33. The topological polar surface area (TPSA) is 91.8 Å². The fourth-order valence-corrected chi connectivity index (χ4v) is 5.08. The van der Waals surface area contributed by atoms with Gasteiger partial charge in [-0.2, -0.15) is 0 Å². The zero-order valence-electron chi connectivity index (χ0n) is 11.1. The van der Waals surface area contributed by atoms with Crippen LogP contribution < -0.4 is 0 Å². The van der Waals surface area contributed by atoms with Crippen LogP contribution in [0.25, 0.3) is 0 Å². The number of carbonyl (C=O) groups is 2. The predicted molar refractivity (Wildman–Crippen MR) is 68.3 cm³/mol. The van der Waals surface area contributed by atoms with E-state index in [0.29, 0.717) is 6.42 Å². The van der Waals surface area contributed by atoms with E-state index in [9.17, 15) is 23.1 Å². The molecule has 1 amide bonds. The number of carbonyl (C=O) groups excluding carboxylic acids is 1. The summed E-state index contributed by atoms with van der Waals surface area (Å²) in [4.78, 5) is 24.9. The molecular formula is C12H19NO5S. The van der Waals surface area contributed by atoms with E-state index in [-0.39, 0.29) is 35.8 Å². The summed E-state index contributed by atoms with van der Waals surface area (Å²) >= 11 is 0. The number of amides is 1. The summed E-state index contributed by atoms with van der Waals surface area (Å²) in [6.07, 6.45) is 0.594. The second-order valence-corrected chi connectivity index (χ2v) is 7.87. The van der Waals surface area contributed by atoms with Crippen molar-refractivity contribution in [3.8, 4) is 0 Å². The molecule has 0 bridgehead atoms. The van der Waals surface area contributed by atoms with Gasteiger partial charge in [-0.25, -0.2) is 8.42 Å². The third kappa shape index (κ3) is 2.61. The van der Waals surface area contributed by atoms with Crippen molar-refractivity contribution in [3.63, 3.8) is 0 Å². The highest BCUT2D eigenvalue weighted by Gasteiger charge is 2.46. The van der Waals surface area contributed by atoms with E-state index in [0.717, 1.165) is 0 Å². The number of rotatable bonds is 2. The Labute approximate surface area is 112 Å². The first-order valence-electron chi connectivity index (χ1n) is 6.47. The van der Waals surface area contributed by atoms with Crippen LogP contribution in [0.4, 0.5) is 0 Å². The SMILES string of the molecule is CC1CC(=O)N(C2CCS(=O)(=O)C2)C(C)C1C(=O)O. The molecule has 7 heteroatoms. The number of sulfone groups is 1. The molecule has 0 saturated carbocycles. The van der Waals surface area contributed by atoms with Crippen LogP contribution in [0.3, 0.4) is 0 Å². The van der Waals surface area contributed by atoms with Crippen LogP contribution in [0.15, 0.2) is 0 Å². The van der Waals surface area contributed by atoms with Crippen molar-refractivity contribution in [2.45, 2.75) is 38.8 Å². The van der Waals surface area contributed by atoms with Crippen molar-refractivity contribution >= 4 is 21.7 Å². The standard InChI is InChI=1S/C12H19NO5S/c1-7-5-10(14)13(8(2)11(7)12(15)16)9-3-4-19(17,18)6-9/h7-9,11H,3-6H2,1-2H3,(H,15,16). The molecule has 0 aromatic rings. The number of hydrogen-bond acceptors (Lipinski definition) is 4. The van der Waals surface area contributed by atoms with Crippen LogP contribution in [0.2, 0.25) is 0 Å². The van der Waals surface area contributed by atoms with E-state index in [2.05, 4.69) is 0 Å². The average Bonchev–Trinajstić information content (AvgIpc) is 2.57. The minimum Gasteiger partial charge on any atom is -0.481 e. The molecule has 2 rings (SSSR count). The van der Waals surface area contributed by atoms with E-state index < -0.39 is 27.8 Å². The normalized spacial score (nSPS) is 38.4. The Morgan fingerprint density at radius 1 is 1.37 bits per heavy atom. The largest absolute Gasteiger partial charge is 0.481 e. The fourth-order valence-electron chi connectivity index (χ4n) is 3.36. The molecule has 19 heavy (non-hydrogen) atoms. The molecule has 0 aliphatic carbocycles. The number of aliphatic carboxylic acids is 1. The van der Waals surface area contributed by atoms with E-state index in [1.54, 1.807) is 13.8 Å². The Bertz CT molecular complexity index is 500. The van der Waals surface area contributed by atoms with Gasteiger partial charge in [-0.1, -0.05) is 6.92 Å². The molecule has 2 aliphatic rings. The van der Waals surface area contributed by atoms with Crippen LogP contribution in [0, 0.1) is 11.8 Å². The van der Waals surface area contributed by atoms with Gasteiger partial charge in [0.2, 0.25) is 5.91 Å². The van der Waals surface area contributed by atoms with Gasteiger partial charge in [0.15, 0.2) is 9.84 Å². The lowest BCUT2D eigenvalue weighted by Crippen LogP contribution is -2.56. The van der Waals surface area contributed by atoms with E-state index in [4.69, 9.17) is 0 Å². The molecule has 2 saturated heterocycles. The molecule has 0 radical (unpaired) electrons. The Balaban J connectivity index is 2.24. The lowest BCUT2D eigenvalue weighted by atomic mass is 9.80. The molecule has 6 nitrogen and oxygen atoms in total. The Hall–Kier alpha value is -1.11. The maximum atomic E-state index is 12.1. The van der Waals surface area contributed by atoms with Gasteiger partial charge in [-0.05, 0) is 19.3 Å². The van der Waals surface area contributed by atoms with Gasteiger partial charge in [0.25, 0.3) is 0 Å². The van der Waals surface area contributed by atoms with E-state index >= 15 is 0 Å². The average molecular weight is 289 g/mol. The van der Waals surface area contributed by atoms with Crippen molar-refractivity contribution in [2.24, 2.45) is 11.8 Å². The first-order chi connectivity index (χ1) is 8.73. The minimum atomic E-state index is -3.08. The zero-order chi connectivity index (χ0) is 14.4. The zero-order valence-corrected chi connectivity index (χ0v) is 11.9. The monoisotopic (exact) mass is 289 g/mol. The predicted octanol–water partition coefficient (Wildman–Crippen LogP) is 0.131. The molecular weight excluding hydrogens is 270 g/mol. The van der Waals surface area contributed by atoms with Gasteiger partial charge in [-0.15, -0.1) is 0 Å². The maximum absolute atomic E-state index is 12.1. The van der Waals surface area contributed by atoms with Crippen LogP contribution in [-0.4, -0.2) is 53.9 Å². The molecule has 108 valence electrons. The molecule has 2 heterocycles. The molecule has 0 aromatic carbocycles. The Kier molecular flexibility index (Phi) is 3.59. The van der Waals surface area contributed by atoms with Crippen molar-refractivity contribution in [1.29, 1.82) is 0 Å². The van der Waals surface area contributed by atoms with Gasteiger partial charge < -0.3 is 10.0 Å². The van der Waals surface area contributed by atoms with E-state index in [1.165, 1.54) is 4.90 Å². The molecule has 4 unspecified atom stereocenters. The summed E-state index contributed by atoms with van der Waals surface area (Å²) in [6.45, 7) is 3.47. The smallest absolute Gasteiger partial charge is 0.308 e. The van der Waals surface area contributed by atoms with Crippen molar-refractivity contribution in [3.05, 3.63) is 0 Å². The number of carboxylic acid groups (broad SMARTS) is 1. The molecule has 0 aromatic heterocycles. The van der Waals surface area contributed by atoms with Crippen LogP contribution in [0.5, 0.6) is 0 Å². The third-order valence-electron chi connectivity index (χ3n) is 4.24. The van der Waals surface area contributed by atoms with Gasteiger partial charge in [0.05, 0.1) is 17.4 Å². The molecule has 1 N–H and O–H groups in total. The van der Waals surface area contributed by atoms with Crippen LogP contribution in [0.1, 0.15) is 26.7 Å². The number of hydrogen-bond donors (Lipinski definition) is 1. The molecule has 0 spiro atoms. The highest BCUT2D eigenvalue weighted by atomic mass is 32.2. The minimum absolute atomic E-state index is 0.0379. The summed E-state index contributed by atoms with van der Waals surface area (Å²) in [7, 11) is -3.08. The molecule has 4 atom stereocenters. The van der Waals surface area contributed by atoms with E-state index in [1.807, 2.05) is 0 Å². The first kappa shape index (κ1) is 14.3. The Morgan fingerprint density at radius 3 is 2.47 bits per heavy atom. The maximum Gasteiger partial charge on any atom is 0.308 e. The van der Waals surface area contributed by atoms with Crippen LogP contribution in [-0.2, 0) is 19.4 Å². The summed E-state index contributed by atoms with van der Waals surface area (Å²) in [5.74, 6) is -1.83. The number of piperidine rings is 1. The fraction of sp³-hybridized carbons (Fsp3) is 0.833.